The van der Waals surface area contributed by atoms with Gasteiger partial charge < -0.3 is 15.1 Å². The molecule has 0 spiro atoms. The first-order valence-electron chi connectivity index (χ1n) is 5.21. The van der Waals surface area contributed by atoms with Crippen LogP contribution >= 0.6 is 0 Å². The van der Waals surface area contributed by atoms with Crippen LogP contribution in [0.25, 0.3) is 11.3 Å². The van der Waals surface area contributed by atoms with Crippen LogP contribution in [-0.4, -0.2) is 23.5 Å². The van der Waals surface area contributed by atoms with E-state index in [4.69, 9.17) is 9.84 Å². The fraction of sp³-hybridized carbons (Fsp3) is 0.273. The molecule has 1 aromatic heterocycles. The summed E-state index contributed by atoms with van der Waals surface area (Å²) in [5.41, 5.74) is 0.909. The molecule has 0 aliphatic carbocycles. The molecule has 6 nitrogen and oxygen atoms in total. The molecule has 0 aliphatic heterocycles. The Kier molecular flexibility index (Phi) is 3.56. The number of hydrogen-bond donors (Lipinski definition) is 1. The van der Waals surface area contributed by atoms with Crippen molar-refractivity contribution in [2.24, 2.45) is 0 Å². The highest BCUT2D eigenvalue weighted by Gasteiger charge is 2.22. The molecule has 1 heterocycles. The summed E-state index contributed by atoms with van der Waals surface area (Å²) < 4.78 is 9.77. The van der Waals surface area contributed by atoms with Crippen LogP contribution < -0.4 is 9.64 Å². The Morgan fingerprint density at radius 1 is 1.35 bits per heavy atom. The summed E-state index contributed by atoms with van der Waals surface area (Å²) >= 11 is 0. The predicted octanol–water partition coefficient (Wildman–Crippen LogP) is 0.736. The van der Waals surface area contributed by atoms with E-state index in [9.17, 15) is 5.21 Å². The van der Waals surface area contributed by atoms with Gasteiger partial charge in [0.25, 0.3) is 5.69 Å². The minimum Gasteiger partial charge on any atom is -0.455 e. The van der Waals surface area contributed by atoms with E-state index >= 15 is 0 Å². The average Bonchev–Trinajstić information content (AvgIpc) is 2.72. The van der Waals surface area contributed by atoms with Crippen molar-refractivity contribution in [2.45, 2.75) is 6.42 Å². The molecular weight excluding hydrogens is 224 g/mol. The van der Waals surface area contributed by atoms with Gasteiger partial charge in [-0.3, -0.25) is 4.63 Å². The monoisotopic (exact) mass is 236 g/mol. The molecule has 17 heavy (non-hydrogen) atoms. The topological polar surface area (TPSA) is 82.4 Å². The lowest BCUT2D eigenvalue weighted by Crippen LogP contribution is -2.25. The van der Waals surface area contributed by atoms with Crippen molar-refractivity contribution in [1.29, 1.82) is 0 Å². The normalized spacial score (nSPS) is 10.4. The number of rotatable bonds is 5. The van der Waals surface area contributed by atoms with E-state index in [0.29, 0.717) is 16.9 Å². The fourth-order valence-electron chi connectivity index (χ4n) is 1.39. The maximum atomic E-state index is 11.4. The Hall–Kier alpha value is -2.08. The average molecular weight is 236 g/mol. The van der Waals surface area contributed by atoms with E-state index in [1.165, 1.54) is 0 Å². The highest BCUT2D eigenvalue weighted by atomic mass is 16.8. The number of aliphatic hydroxyl groups is 1. The number of nitrogens with zero attached hydrogens (tertiary/aromatic N) is 2. The molecular formula is C11H12N2O4. The van der Waals surface area contributed by atoms with Crippen molar-refractivity contribution in [1.82, 2.24) is 5.16 Å². The van der Waals surface area contributed by atoms with Gasteiger partial charge in [0, 0.05) is 18.6 Å². The van der Waals surface area contributed by atoms with Crippen molar-refractivity contribution in [3.63, 3.8) is 0 Å². The molecule has 0 atom stereocenters. The first kappa shape index (κ1) is 11.4. The molecule has 1 aromatic carbocycles. The summed E-state index contributed by atoms with van der Waals surface area (Å²) in [6, 6.07) is 8.98. The van der Waals surface area contributed by atoms with Crippen molar-refractivity contribution >= 4 is 0 Å². The molecule has 0 saturated heterocycles. The Balaban J connectivity index is 2.24. The highest BCUT2D eigenvalue weighted by Crippen LogP contribution is 2.24. The van der Waals surface area contributed by atoms with E-state index < -0.39 is 0 Å². The van der Waals surface area contributed by atoms with Gasteiger partial charge in [-0.1, -0.05) is 30.3 Å². The number of benzene rings is 1. The minimum atomic E-state index is 0.0237. The smallest absolute Gasteiger partial charge is 0.402 e. The largest absolute Gasteiger partial charge is 0.455 e. The first-order valence-corrected chi connectivity index (χ1v) is 5.21. The third kappa shape index (κ3) is 2.54. The number of ether oxygens (including phenoxy) is 1. The van der Waals surface area contributed by atoms with Gasteiger partial charge in [0.2, 0.25) is 0 Å². The predicted molar refractivity (Wildman–Crippen MR) is 58.1 cm³/mol. The van der Waals surface area contributed by atoms with Gasteiger partial charge in [-0.2, -0.15) is 0 Å². The van der Waals surface area contributed by atoms with Crippen LogP contribution in [0.4, 0.5) is 0 Å². The summed E-state index contributed by atoms with van der Waals surface area (Å²) in [6.45, 7) is 0.304. The van der Waals surface area contributed by atoms with Crippen molar-refractivity contribution in [3.8, 4) is 17.1 Å². The van der Waals surface area contributed by atoms with Crippen molar-refractivity contribution in [3.05, 3.63) is 35.5 Å². The second-order valence-electron chi connectivity index (χ2n) is 3.38. The summed E-state index contributed by atoms with van der Waals surface area (Å²) in [7, 11) is 0. The third-order valence-corrected chi connectivity index (χ3v) is 2.17. The third-order valence-electron chi connectivity index (χ3n) is 2.17. The number of aliphatic hydroxyl groups excluding tert-OH is 1. The second-order valence-corrected chi connectivity index (χ2v) is 3.38. The summed E-state index contributed by atoms with van der Waals surface area (Å²) in [4.78, 5) is 0.309. The second kappa shape index (κ2) is 5.31. The van der Waals surface area contributed by atoms with Crippen LogP contribution in [0.1, 0.15) is 6.42 Å². The van der Waals surface area contributed by atoms with E-state index in [1.54, 1.807) is 24.3 Å². The van der Waals surface area contributed by atoms with Gasteiger partial charge >= 0.3 is 5.88 Å². The van der Waals surface area contributed by atoms with Crippen LogP contribution in [0, 0.1) is 5.21 Å². The van der Waals surface area contributed by atoms with Crippen LogP contribution in [0.2, 0.25) is 0 Å². The van der Waals surface area contributed by atoms with Gasteiger partial charge in [0.05, 0.1) is 11.8 Å². The Morgan fingerprint density at radius 3 is 2.82 bits per heavy atom. The van der Waals surface area contributed by atoms with E-state index in [0.717, 1.165) is 0 Å². The molecule has 90 valence electrons. The summed E-state index contributed by atoms with van der Waals surface area (Å²) in [6.07, 6.45) is 0.472. The Bertz CT molecular complexity index is 470. The molecule has 1 N–H and O–H groups in total. The number of hydrogen-bond acceptors (Lipinski definition) is 5. The van der Waals surface area contributed by atoms with Gasteiger partial charge in [-0.25, -0.2) is 0 Å². The Labute approximate surface area is 97.6 Å². The van der Waals surface area contributed by atoms with Crippen LogP contribution in [0.3, 0.4) is 0 Å². The van der Waals surface area contributed by atoms with E-state index in [2.05, 4.69) is 9.79 Å². The molecule has 6 heteroatoms. The zero-order valence-electron chi connectivity index (χ0n) is 9.07. The first-order chi connectivity index (χ1) is 8.33. The molecule has 0 bridgehead atoms. The van der Waals surface area contributed by atoms with Crippen LogP contribution in [0.5, 0.6) is 5.88 Å². The quantitative estimate of drug-likeness (QED) is 0.611. The molecule has 0 aliphatic rings. The lowest BCUT2D eigenvalue weighted by atomic mass is 10.2. The minimum absolute atomic E-state index is 0.0237. The maximum absolute atomic E-state index is 11.4. The van der Waals surface area contributed by atoms with Crippen molar-refractivity contribution in [2.75, 3.05) is 13.2 Å². The van der Waals surface area contributed by atoms with Crippen LogP contribution in [-0.2, 0) is 0 Å². The zero-order chi connectivity index (χ0) is 12.1. The van der Waals surface area contributed by atoms with Crippen molar-refractivity contribution < 1.29 is 19.4 Å². The molecule has 0 radical (unpaired) electrons. The lowest BCUT2D eigenvalue weighted by Gasteiger charge is -2.00. The fourth-order valence-corrected chi connectivity index (χ4v) is 1.39. The number of aromatic nitrogens is 2. The SMILES string of the molecule is [O-][n+]1onc(OCCCO)c1-c1ccccc1. The molecule has 0 fully saturated rings. The lowest BCUT2D eigenvalue weighted by molar-refractivity contribution is -0.793. The zero-order valence-corrected chi connectivity index (χ0v) is 9.07. The summed E-state index contributed by atoms with van der Waals surface area (Å²) in [5.74, 6) is 0.139. The Morgan fingerprint density at radius 2 is 2.12 bits per heavy atom. The molecule has 0 amide bonds. The van der Waals surface area contributed by atoms with Gasteiger partial charge in [-0.15, -0.1) is 0 Å². The van der Waals surface area contributed by atoms with Gasteiger partial charge in [0.1, 0.15) is 0 Å². The summed E-state index contributed by atoms with van der Waals surface area (Å²) in [5, 5.41) is 23.6. The van der Waals surface area contributed by atoms with E-state index in [-0.39, 0.29) is 24.8 Å². The van der Waals surface area contributed by atoms with Gasteiger partial charge in [0.15, 0.2) is 0 Å². The molecule has 2 aromatic rings. The van der Waals surface area contributed by atoms with Crippen LogP contribution in [0.15, 0.2) is 35.0 Å². The standard InChI is InChI=1S/C11H12N2O4/c14-7-4-8-16-11-10(13(15)17-12-11)9-5-2-1-3-6-9/h1-3,5-6,14H,4,7-8H2. The highest BCUT2D eigenvalue weighted by molar-refractivity contribution is 5.60. The molecule has 2 rings (SSSR count). The molecule has 0 unspecified atom stereocenters. The molecule has 0 saturated carbocycles. The van der Waals surface area contributed by atoms with E-state index in [1.807, 2.05) is 6.07 Å². The maximum Gasteiger partial charge on any atom is 0.402 e. The van der Waals surface area contributed by atoms with Gasteiger partial charge in [-0.05, 0) is 4.90 Å².